The molecule has 0 aromatic heterocycles. The van der Waals surface area contributed by atoms with Gasteiger partial charge in [-0.25, -0.2) is 4.79 Å². The smallest absolute Gasteiger partial charge is 0.337 e. The Kier molecular flexibility index (Phi) is 4.48. The Bertz CT molecular complexity index is 481. The molecule has 0 heterocycles. The van der Waals surface area contributed by atoms with Gasteiger partial charge in [-0.2, -0.15) is 0 Å². The van der Waals surface area contributed by atoms with Crippen molar-refractivity contribution in [2.75, 3.05) is 5.32 Å². The molecule has 0 unspecified atom stereocenters. The van der Waals surface area contributed by atoms with Gasteiger partial charge >= 0.3 is 5.97 Å². The Labute approximate surface area is 113 Å². The van der Waals surface area contributed by atoms with Crippen LogP contribution in [0, 0.1) is 0 Å². The van der Waals surface area contributed by atoms with Gasteiger partial charge in [0.2, 0.25) is 5.91 Å². The molecule has 18 heavy (non-hydrogen) atoms. The number of anilines is 1. The lowest BCUT2D eigenvalue weighted by Gasteiger charge is -2.18. The van der Waals surface area contributed by atoms with Gasteiger partial charge in [-0.3, -0.25) is 4.79 Å². The van der Waals surface area contributed by atoms with Gasteiger partial charge in [0.1, 0.15) is 0 Å². The number of rotatable bonds is 4. The molecule has 0 saturated carbocycles. The van der Waals surface area contributed by atoms with Crippen LogP contribution in [0.2, 0.25) is 0 Å². The van der Waals surface area contributed by atoms with Gasteiger partial charge in [-0.1, -0.05) is 15.9 Å². The highest BCUT2D eigenvalue weighted by atomic mass is 79.9. The molecule has 1 aromatic rings. The standard InChI is InChI=1S/C12H15BrN2O3/c1-12(2,14)6-10(16)15-9-4-3-7(13)5-8(9)11(17)18/h3-5H,6,14H2,1-2H3,(H,15,16)(H,17,18). The molecule has 0 bridgehead atoms. The van der Waals surface area contributed by atoms with E-state index in [1.54, 1.807) is 19.9 Å². The number of hydrogen-bond acceptors (Lipinski definition) is 3. The molecule has 0 aliphatic heterocycles. The van der Waals surface area contributed by atoms with Crippen molar-refractivity contribution >= 4 is 33.5 Å². The second kappa shape index (κ2) is 5.49. The summed E-state index contributed by atoms with van der Waals surface area (Å²) in [6.45, 7) is 3.46. The first-order valence-corrected chi connectivity index (χ1v) is 6.10. The fourth-order valence-corrected chi connectivity index (χ4v) is 1.77. The monoisotopic (exact) mass is 314 g/mol. The number of carboxylic acid groups (broad SMARTS) is 1. The summed E-state index contributed by atoms with van der Waals surface area (Å²) in [7, 11) is 0. The molecule has 98 valence electrons. The average Bonchev–Trinajstić information content (AvgIpc) is 2.17. The van der Waals surface area contributed by atoms with Crippen molar-refractivity contribution in [3.05, 3.63) is 28.2 Å². The Morgan fingerprint density at radius 2 is 2.06 bits per heavy atom. The zero-order chi connectivity index (χ0) is 13.9. The molecular formula is C12H15BrN2O3. The van der Waals surface area contributed by atoms with Gasteiger partial charge in [0.25, 0.3) is 0 Å². The summed E-state index contributed by atoms with van der Waals surface area (Å²) in [6, 6.07) is 4.64. The molecule has 1 rings (SSSR count). The van der Waals surface area contributed by atoms with Crippen molar-refractivity contribution in [1.29, 1.82) is 0 Å². The summed E-state index contributed by atoms with van der Waals surface area (Å²) >= 11 is 3.18. The fraction of sp³-hybridized carbons (Fsp3) is 0.333. The molecule has 0 fully saturated rings. The van der Waals surface area contributed by atoms with Crippen LogP contribution in [0.15, 0.2) is 22.7 Å². The van der Waals surface area contributed by atoms with E-state index in [1.807, 2.05) is 0 Å². The van der Waals surface area contributed by atoms with Crippen molar-refractivity contribution in [3.8, 4) is 0 Å². The summed E-state index contributed by atoms with van der Waals surface area (Å²) in [5.74, 6) is -1.41. The zero-order valence-corrected chi connectivity index (χ0v) is 11.7. The quantitative estimate of drug-likeness (QED) is 0.794. The van der Waals surface area contributed by atoms with E-state index in [-0.39, 0.29) is 23.6 Å². The summed E-state index contributed by atoms with van der Waals surface area (Å²) in [5.41, 5.74) is 5.39. The molecule has 1 aromatic carbocycles. The predicted octanol–water partition coefficient (Wildman–Crippen LogP) is 2.21. The van der Waals surface area contributed by atoms with Gasteiger partial charge in [0, 0.05) is 16.4 Å². The minimum absolute atomic E-state index is 0.0348. The lowest BCUT2D eigenvalue weighted by molar-refractivity contribution is -0.117. The maximum Gasteiger partial charge on any atom is 0.337 e. The van der Waals surface area contributed by atoms with E-state index in [1.165, 1.54) is 12.1 Å². The number of halogens is 1. The van der Waals surface area contributed by atoms with Crippen molar-refractivity contribution in [1.82, 2.24) is 0 Å². The molecule has 0 atom stereocenters. The third-order valence-corrected chi connectivity index (χ3v) is 2.60. The van der Waals surface area contributed by atoms with Gasteiger partial charge in [-0.05, 0) is 32.0 Å². The molecule has 0 saturated heterocycles. The van der Waals surface area contributed by atoms with Crippen LogP contribution >= 0.6 is 15.9 Å². The molecule has 6 heteroatoms. The van der Waals surface area contributed by atoms with Crippen molar-refractivity contribution < 1.29 is 14.7 Å². The molecule has 5 nitrogen and oxygen atoms in total. The van der Waals surface area contributed by atoms with E-state index in [0.29, 0.717) is 4.47 Å². The number of nitrogens with two attached hydrogens (primary N) is 1. The molecule has 0 radical (unpaired) electrons. The Balaban J connectivity index is 2.91. The van der Waals surface area contributed by atoms with Gasteiger partial charge < -0.3 is 16.2 Å². The molecule has 4 N–H and O–H groups in total. The number of benzene rings is 1. The predicted molar refractivity (Wildman–Crippen MR) is 72.6 cm³/mol. The van der Waals surface area contributed by atoms with Crippen molar-refractivity contribution in [3.63, 3.8) is 0 Å². The number of amides is 1. The van der Waals surface area contributed by atoms with Crippen LogP contribution in [0.4, 0.5) is 5.69 Å². The summed E-state index contributed by atoms with van der Waals surface area (Å²) in [4.78, 5) is 22.7. The minimum atomic E-state index is -1.10. The average molecular weight is 315 g/mol. The van der Waals surface area contributed by atoms with Gasteiger partial charge in [0.15, 0.2) is 0 Å². The van der Waals surface area contributed by atoms with Gasteiger partial charge in [-0.15, -0.1) is 0 Å². The van der Waals surface area contributed by atoms with Crippen molar-refractivity contribution in [2.45, 2.75) is 25.8 Å². The summed E-state index contributed by atoms with van der Waals surface area (Å²) < 4.78 is 0.636. The number of carbonyl (C=O) groups is 2. The van der Waals surface area contributed by atoms with Crippen LogP contribution in [-0.4, -0.2) is 22.5 Å². The third kappa shape index (κ3) is 4.46. The van der Waals surface area contributed by atoms with Gasteiger partial charge in [0.05, 0.1) is 11.3 Å². The zero-order valence-electron chi connectivity index (χ0n) is 10.2. The van der Waals surface area contributed by atoms with Crippen LogP contribution in [0.25, 0.3) is 0 Å². The highest BCUT2D eigenvalue weighted by Crippen LogP contribution is 2.21. The van der Waals surface area contributed by atoms with E-state index in [2.05, 4.69) is 21.2 Å². The molecule has 0 spiro atoms. The van der Waals surface area contributed by atoms with E-state index < -0.39 is 11.5 Å². The van der Waals surface area contributed by atoms with Crippen LogP contribution < -0.4 is 11.1 Å². The van der Waals surface area contributed by atoms with E-state index in [9.17, 15) is 9.59 Å². The topological polar surface area (TPSA) is 92.4 Å². The summed E-state index contributed by atoms with van der Waals surface area (Å²) in [6.07, 6.45) is 0.113. The highest BCUT2D eigenvalue weighted by molar-refractivity contribution is 9.10. The Morgan fingerprint density at radius 1 is 1.44 bits per heavy atom. The number of hydrogen-bond donors (Lipinski definition) is 3. The van der Waals surface area contributed by atoms with E-state index in [0.717, 1.165) is 0 Å². The Morgan fingerprint density at radius 3 is 2.56 bits per heavy atom. The normalized spacial score (nSPS) is 11.1. The number of carbonyl (C=O) groups excluding carboxylic acids is 1. The maximum atomic E-state index is 11.7. The number of carboxylic acids is 1. The lowest BCUT2D eigenvalue weighted by atomic mass is 10.0. The highest BCUT2D eigenvalue weighted by Gasteiger charge is 2.18. The number of aromatic carboxylic acids is 1. The molecule has 0 aliphatic rings. The first-order valence-electron chi connectivity index (χ1n) is 5.30. The molecule has 0 aliphatic carbocycles. The SMILES string of the molecule is CC(C)(N)CC(=O)Nc1ccc(Br)cc1C(=O)O. The molecule has 1 amide bonds. The Hall–Kier alpha value is -1.40. The van der Waals surface area contributed by atoms with Crippen LogP contribution in [0.5, 0.6) is 0 Å². The van der Waals surface area contributed by atoms with Crippen molar-refractivity contribution in [2.24, 2.45) is 5.73 Å². The maximum absolute atomic E-state index is 11.7. The van der Waals surface area contributed by atoms with Crippen LogP contribution in [0.3, 0.4) is 0 Å². The molecular weight excluding hydrogens is 300 g/mol. The minimum Gasteiger partial charge on any atom is -0.478 e. The van der Waals surface area contributed by atoms with E-state index in [4.69, 9.17) is 10.8 Å². The van der Waals surface area contributed by atoms with Crippen LogP contribution in [-0.2, 0) is 4.79 Å². The largest absolute Gasteiger partial charge is 0.478 e. The van der Waals surface area contributed by atoms with E-state index >= 15 is 0 Å². The third-order valence-electron chi connectivity index (χ3n) is 2.10. The second-order valence-electron chi connectivity index (χ2n) is 4.71. The summed E-state index contributed by atoms with van der Waals surface area (Å²) in [5, 5.41) is 11.6. The van der Waals surface area contributed by atoms with Crippen LogP contribution in [0.1, 0.15) is 30.6 Å². The fourth-order valence-electron chi connectivity index (χ4n) is 1.41. The first-order chi connectivity index (χ1) is 8.19. The lowest BCUT2D eigenvalue weighted by Crippen LogP contribution is -2.36. The number of nitrogens with one attached hydrogen (secondary N) is 1. The second-order valence-corrected chi connectivity index (χ2v) is 5.62. The first kappa shape index (κ1) is 14.7.